The summed E-state index contributed by atoms with van der Waals surface area (Å²) in [6.45, 7) is 3.04. The third-order valence-electron chi connectivity index (χ3n) is 3.24. The van der Waals surface area contributed by atoms with Gasteiger partial charge < -0.3 is 15.0 Å². The number of nitrogens with zero attached hydrogens (tertiary/aromatic N) is 1. The fraction of sp³-hybridized carbons (Fsp3) is 0.500. The van der Waals surface area contributed by atoms with Gasteiger partial charge in [-0.2, -0.15) is 0 Å². The van der Waals surface area contributed by atoms with Gasteiger partial charge in [0.25, 0.3) is 0 Å². The van der Waals surface area contributed by atoms with E-state index in [1.807, 2.05) is 11.8 Å². The van der Waals surface area contributed by atoms with Crippen LogP contribution < -0.4 is 10.1 Å². The van der Waals surface area contributed by atoms with Crippen molar-refractivity contribution in [3.63, 3.8) is 0 Å². The van der Waals surface area contributed by atoms with Gasteiger partial charge in [-0.3, -0.25) is 4.79 Å². The minimum atomic E-state index is 0.118. The van der Waals surface area contributed by atoms with Crippen molar-refractivity contribution in [1.82, 2.24) is 4.90 Å². The number of likely N-dealkylation sites (N-methyl/N-ethyl adjacent to an activating group) is 1. The molecule has 1 fully saturated rings. The Morgan fingerprint density at radius 2 is 2.26 bits per heavy atom. The molecule has 19 heavy (non-hydrogen) atoms. The van der Waals surface area contributed by atoms with Crippen LogP contribution in [0.4, 0.5) is 5.69 Å². The number of methoxy groups -OCH3 is 1. The molecule has 104 valence electrons. The Labute approximate surface area is 118 Å². The quantitative estimate of drug-likeness (QED) is 0.872. The van der Waals surface area contributed by atoms with E-state index in [2.05, 4.69) is 5.32 Å². The van der Waals surface area contributed by atoms with Gasteiger partial charge in [0.2, 0.25) is 5.91 Å². The highest BCUT2D eigenvalue weighted by Crippen LogP contribution is 2.29. The van der Waals surface area contributed by atoms with Crippen LogP contribution in [0.5, 0.6) is 5.75 Å². The highest BCUT2D eigenvalue weighted by Gasteiger charge is 2.30. The first-order chi connectivity index (χ1) is 9.15. The van der Waals surface area contributed by atoms with Crippen LogP contribution in [0.15, 0.2) is 18.2 Å². The zero-order valence-electron chi connectivity index (χ0n) is 11.3. The molecule has 0 spiro atoms. The summed E-state index contributed by atoms with van der Waals surface area (Å²) in [5.74, 6) is 0.804. The standard InChI is InChI=1S/C14H19ClN2O2/c1-3-17(11-5-6-11)14(18)9-16-12-8-10(15)4-7-13(12)19-2/h4,7-8,11,16H,3,5-6,9H2,1-2H3. The number of carbonyl (C=O) groups excluding carboxylic acids is 1. The number of halogens is 1. The van der Waals surface area contributed by atoms with Gasteiger partial charge in [0.1, 0.15) is 5.75 Å². The van der Waals surface area contributed by atoms with Gasteiger partial charge in [-0.25, -0.2) is 0 Å². The maximum Gasteiger partial charge on any atom is 0.242 e. The first-order valence-corrected chi connectivity index (χ1v) is 6.90. The van der Waals surface area contributed by atoms with Crippen molar-refractivity contribution < 1.29 is 9.53 Å². The number of amides is 1. The Morgan fingerprint density at radius 3 is 2.84 bits per heavy atom. The molecule has 0 saturated heterocycles. The average molecular weight is 283 g/mol. The molecule has 1 aliphatic carbocycles. The fourth-order valence-corrected chi connectivity index (χ4v) is 2.29. The van der Waals surface area contributed by atoms with Crippen LogP contribution >= 0.6 is 11.6 Å². The highest BCUT2D eigenvalue weighted by atomic mass is 35.5. The summed E-state index contributed by atoms with van der Waals surface area (Å²) in [6, 6.07) is 5.76. The van der Waals surface area contributed by atoms with Crippen molar-refractivity contribution in [2.24, 2.45) is 0 Å². The van der Waals surface area contributed by atoms with Crippen LogP contribution in [0.2, 0.25) is 5.02 Å². The molecular weight excluding hydrogens is 264 g/mol. The maximum atomic E-state index is 12.1. The van der Waals surface area contributed by atoms with Crippen LogP contribution in [0.3, 0.4) is 0 Å². The molecule has 1 saturated carbocycles. The third-order valence-corrected chi connectivity index (χ3v) is 3.48. The van der Waals surface area contributed by atoms with E-state index in [-0.39, 0.29) is 12.5 Å². The van der Waals surface area contributed by atoms with Gasteiger partial charge in [-0.15, -0.1) is 0 Å². The number of carbonyl (C=O) groups is 1. The largest absolute Gasteiger partial charge is 0.495 e. The Morgan fingerprint density at radius 1 is 1.53 bits per heavy atom. The van der Waals surface area contributed by atoms with Crippen molar-refractivity contribution >= 4 is 23.2 Å². The van der Waals surface area contributed by atoms with Crippen molar-refractivity contribution in [3.8, 4) is 5.75 Å². The fourth-order valence-electron chi connectivity index (χ4n) is 2.12. The summed E-state index contributed by atoms with van der Waals surface area (Å²) in [5, 5.41) is 3.72. The first kappa shape index (κ1) is 14.0. The number of hydrogen-bond acceptors (Lipinski definition) is 3. The van der Waals surface area contributed by atoms with E-state index < -0.39 is 0 Å². The molecule has 2 rings (SSSR count). The second kappa shape index (κ2) is 6.15. The predicted octanol–water partition coefficient (Wildman–Crippen LogP) is 2.77. The molecular formula is C14H19ClN2O2. The minimum Gasteiger partial charge on any atom is -0.495 e. The molecule has 1 N–H and O–H groups in total. The van der Waals surface area contributed by atoms with E-state index >= 15 is 0 Å². The average Bonchev–Trinajstić information content (AvgIpc) is 3.22. The van der Waals surface area contributed by atoms with Gasteiger partial charge >= 0.3 is 0 Å². The minimum absolute atomic E-state index is 0.118. The first-order valence-electron chi connectivity index (χ1n) is 6.52. The van der Waals surface area contributed by atoms with Gasteiger partial charge in [-0.1, -0.05) is 11.6 Å². The van der Waals surface area contributed by atoms with E-state index in [1.54, 1.807) is 25.3 Å². The SMILES string of the molecule is CCN(C(=O)CNc1cc(Cl)ccc1OC)C1CC1. The topological polar surface area (TPSA) is 41.6 Å². The Bertz CT molecular complexity index is 461. The molecule has 1 aliphatic rings. The summed E-state index contributed by atoms with van der Waals surface area (Å²) >= 11 is 5.95. The third kappa shape index (κ3) is 3.53. The molecule has 0 radical (unpaired) electrons. The van der Waals surface area contributed by atoms with E-state index in [4.69, 9.17) is 16.3 Å². The molecule has 5 heteroatoms. The van der Waals surface area contributed by atoms with Crippen molar-refractivity contribution in [2.75, 3.05) is 25.5 Å². The number of hydrogen-bond donors (Lipinski definition) is 1. The molecule has 4 nitrogen and oxygen atoms in total. The molecule has 0 bridgehead atoms. The lowest BCUT2D eigenvalue weighted by molar-refractivity contribution is -0.129. The van der Waals surface area contributed by atoms with Gasteiger partial charge in [0.05, 0.1) is 19.3 Å². The molecule has 0 aromatic heterocycles. The van der Waals surface area contributed by atoms with Gasteiger partial charge in [-0.05, 0) is 38.0 Å². The van der Waals surface area contributed by atoms with Crippen LogP contribution in [0.25, 0.3) is 0 Å². The molecule has 1 aromatic carbocycles. The zero-order valence-corrected chi connectivity index (χ0v) is 12.0. The molecule has 1 aromatic rings. The lowest BCUT2D eigenvalue weighted by Crippen LogP contribution is -2.37. The summed E-state index contributed by atoms with van der Waals surface area (Å²) in [7, 11) is 1.60. The van der Waals surface area contributed by atoms with E-state index in [1.165, 1.54) is 0 Å². The van der Waals surface area contributed by atoms with Crippen LogP contribution in [-0.2, 0) is 4.79 Å². The van der Waals surface area contributed by atoms with E-state index in [0.717, 1.165) is 25.1 Å². The van der Waals surface area contributed by atoms with Crippen LogP contribution in [0.1, 0.15) is 19.8 Å². The lowest BCUT2D eigenvalue weighted by atomic mass is 10.3. The van der Waals surface area contributed by atoms with Crippen molar-refractivity contribution in [1.29, 1.82) is 0 Å². The number of ether oxygens (including phenoxy) is 1. The summed E-state index contributed by atoms with van der Waals surface area (Å²) in [5.41, 5.74) is 0.746. The number of rotatable bonds is 6. The van der Waals surface area contributed by atoms with E-state index in [9.17, 15) is 4.79 Å². The Balaban J connectivity index is 1.97. The lowest BCUT2D eigenvalue weighted by Gasteiger charge is -2.21. The van der Waals surface area contributed by atoms with Crippen molar-refractivity contribution in [3.05, 3.63) is 23.2 Å². The van der Waals surface area contributed by atoms with Crippen LogP contribution in [-0.4, -0.2) is 37.0 Å². The van der Waals surface area contributed by atoms with E-state index in [0.29, 0.717) is 16.8 Å². The molecule has 0 heterocycles. The van der Waals surface area contributed by atoms with Crippen molar-refractivity contribution in [2.45, 2.75) is 25.8 Å². The van der Waals surface area contributed by atoms with Gasteiger partial charge in [0, 0.05) is 17.6 Å². The molecule has 0 aliphatic heterocycles. The summed E-state index contributed by atoms with van der Waals surface area (Å²) in [4.78, 5) is 14.0. The van der Waals surface area contributed by atoms with Gasteiger partial charge in [0.15, 0.2) is 0 Å². The number of benzene rings is 1. The molecule has 1 amide bonds. The second-order valence-corrected chi connectivity index (χ2v) is 5.05. The molecule has 0 unspecified atom stereocenters. The highest BCUT2D eigenvalue weighted by molar-refractivity contribution is 6.30. The van der Waals surface area contributed by atoms with Crippen LogP contribution in [0, 0.1) is 0 Å². The Hall–Kier alpha value is -1.42. The number of anilines is 1. The summed E-state index contributed by atoms with van der Waals surface area (Å²) < 4.78 is 5.23. The predicted molar refractivity (Wildman–Crippen MR) is 76.9 cm³/mol. The smallest absolute Gasteiger partial charge is 0.242 e. The molecule has 0 atom stereocenters. The maximum absolute atomic E-state index is 12.1. The second-order valence-electron chi connectivity index (χ2n) is 4.61. The zero-order chi connectivity index (χ0) is 13.8. The Kier molecular flexibility index (Phi) is 4.53. The monoisotopic (exact) mass is 282 g/mol. The normalized spacial score (nSPS) is 14.1. The summed E-state index contributed by atoms with van der Waals surface area (Å²) in [6.07, 6.45) is 2.25. The number of nitrogens with one attached hydrogen (secondary N) is 1.